The summed E-state index contributed by atoms with van der Waals surface area (Å²) in [7, 11) is 0. The van der Waals surface area contributed by atoms with Crippen molar-refractivity contribution in [3.05, 3.63) is 54.0 Å². The first kappa shape index (κ1) is 17.3. The fraction of sp³-hybridized carbons (Fsp3) is 0.455. The number of fused-ring (bicyclic) bond motifs is 3. The third-order valence-corrected chi connectivity index (χ3v) is 6.55. The first-order valence-electron chi connectivity index (χ1n) is 10.1. The van der Waals surface area contributed by atoms with Gasteiger partial charge in [-0.3, -0.25) is 9.59 Å². The molecule has 6 rings (SSSR count). The third-order valence-electron chi connectivity index (χ3n) is 6.55. The molecule has 3 aliphatic carbocycles. The average molecular weight is 380 g/mol. The van der Waals surface area contributed by atoms with Gasteiger partial charge < -0.3 is 19.8 Å². The van der Waals surface area contributed by atoms with Gasteiger partial charge in [0.15, 0.2) is 5.72 Å². The molecular formula is C22H24N2O4. The monoisotopic (exact) mass is 380 g/mol. The second-order valence-corrected chi connectivity index (χ2v) is 8.14. The second-order valence-electron chi connectivity index (χ2n) is 8.14. The SMILES string of the molecule is O=C1N[C@]2(C[C@@H]3CC[C@@H]2C[C@@H]3C(=O)NCCc2ccco2)Oc2ccccc21. The fourth-order valence-corrected chi connectivity index (χ4v) is 5.18. The van der Waals surface area contributed by atoms with Gasteiger partial charge in [0.1, 0.15) is 11.5 Å². The van der Waals surface area contributed by atoms with Crippen LogP contribution in [0.3, 0.4) is 0 Å². The number of nitrogens with one attached hydrogen (secondary N) is 2. The molecule has 2 bridgehead atoms. The van der Waals surface area contributed by atoms with E-state index in [9.17, 15) is 9.59 Å². The summed E-state index contributed by atoms with van der Waals surface area (Å²) < 4.78 is 11.7. The Morgan fingerprint density at radius 3 is 2.89 bits per heavy atom. The zero-order chi connectivity index (χ0) is 19.1. The highest BCUT2D eigenvalue weighted by molar-refractivity contribution is 5.98. The lowest BCUT2D eigenvalue weighted by Gasteiger charge is -2.55. The molecule has 0 saturated heterocycles. The van der Waals surface area contributed by atoms with Crippen molar-refractivity contribution in [3.8, 4) is 5.75 Å². The Hall–Kier alpha value is -2.76. The van der Waals surface area contributed by atoms with Crippen molar-refractivity contribution in [2.24, 2.45) is 17.8 Å². The quantitative estimate of drug-likeness (QED) is 0.855. The summed E-state index contributed by atoms with van der Waals surface area (Å²) in [6, 6.07) is 11.1. The maximum absolute atomic E-state index is 12.8. The number of benzene rings is 1. The fourth-order valence-electron chi connectivity index (χ4n) is 5.18. The van der Waals surface area contributed by atoms with Crippen molar-refractivity contribution >= 4 is 11.8 Å². The van der Waals surface area contributed by atoms with Crippen LogP contribution in [-0.4, -0.2) is 24.1 Å². The molecule has 1 spiro atoms. The van der Waals surface area contributed by atoms with Gasteiger partial charge in [0.2, 0.25) is 5.91 Å². The molecule has 6 heteroatoms. The van der Waals surface area contributed by atoms with Crippen molar-refractivity contribution < 1.29 is 18.7 Å². The van der Waals surface area contributed by atoms with E-state index in [1.165, 1.54) is 0 Å². The van der Waals surface area contributed by atoms with E-state index in [0.717, 1.165) is 25.0 Å². The number of ether oxygens (including phenoxy) is 1. The largest absolute Gasteiger partial charge is 0.469 e. The first-order valence-corrected chi connectivity index (χ1v) is 10.1. The molecule has 1 aromatic carbocycles. The van der Waals surface area contributed by atoms with Crippen LogP contribution in [0.5, 0.6) is 5.75 Å². The Kier molecular flexibility index (Phi) is 4.14. The number of furan rings is 1. The molecule has 28 heavy (non-hydrogen) atoms. The molecule has 2 aromatic rings. The molecule has 6 nitrogen and oxygen atoms in total. The van der Waals surface area contributed by atoms with Crippen molar-refractivity contribution in [2.45, 2.75) is 37.8 Å². The van der Waals surface area contributed by atoms with E-state index in [1.807, 2.05) is 30.3 Å². The Labute approximate surface area is 163 Å². The second kappa shape index (κ2) is 6.69. The molecule has 3 fully saturated rings. The molecule has 4 atom stereocenters. The van der Waals surface area contributed by atoms with E-state index < -0.39 is 5.72 Å². The Balaban J connectivity index is 1.26. The molecule has 1 aromatic heterocycles. The van der Waals surface area contributed by atoms with Crippen LogP contribution in [-0.2, 0) is 11.2 Å². The van der Waals surface area contributed by atoms with Crippen LogP contribution < -0.4 is 15.4 Å². The summed E-state index contributed by atoms with van der Waals surface area (Å²) in [5, 5.41) is 6.20. The zero-order valence-electron chi connectivity index (χ0n) is 15.6. The van der Waals surface area contributed by atoms with Crippen LogP contribution in [0.15, 0.2) is 47.1 Å². The van der Waals surface area contributed by atoms with E-state index in [1.54, 1.807) is 12.3 Å². The third kappa shape index (κ3) is 2.87. The molecule has 2 amide bonds. The number of carbonyl (C=O) groups excluding carboxylic acids is 2. The van der Waals surface area contributed by atoms with E-state index in [-0.39, 0.29) is 29.6 Å². The summed E-state index contributed by atoms with van der Waals surface area (Å²) in [6.07, 6.45) is 5.76. The topological polar surface area (TPSA) is 80.6 Å². The predicted molar refractivity (Wildman–Crippen MR) is 102 cm³/mol. The molecule has 3 saturated carbocycles. The van der Waals surface area contributed by atoms with E-state index in [4.69, 9.17) is 9.15 Å². The van der Waals surface area contributed by atoms with Gasteiger partial charge in [-0.1, -0.05) is 12.1 Å². The number of amides is 2. The van der Waals surface area contributed by atoms with Crippen LogP contribution in [0.2, 0.25) is 0 Å². The minimum atomic E-state index is -0.667. The van der Waals surface area contributed by atoms with Crippen molar-refractivity contribution in [2.75, 3.05) is 6.54 Å². The number of rotatable bonds is 4. The minimum absolute atomic E-state index is 0.0151. The zero-order valence-corrected chi connectivity index (χ0v) is 15.6. The number of para-hydroxylation sites is 1. The summed E-state index contributed by atoms with van der Waals surface area (Å²) in [5.74, 6) is 1.92. The summed E-state index contributed by atoms with van der Waals surface area (Å²) in [5.41, 5.74) is -0.0824. The molecule has 2 N–H and O–H groups in total. The number of carbonyl (C=O) groups is 2. The highest BCUT2D eigenvalue weighted by Crippen LogP contribution is 2.52. The van der Waals surface area contributed by atoms with Gasteiger partial charge in [-0.05, 0) is 49.4 Å². The van der Waals surface area contributed by atoms with Gasteiger partial charge in [-0.25, -0.2) is 0 Å². The summed E-state index contributed by atoms with van der Waals surface area (Å²) in [4.78, 5) is 25.4. The van der Waals surface area contributed by atoms with Gasteiger partial charge in [0.05, 0.1) is 11.8 Å². The van der Waals surface area contributed by atoms with Gasteiger partial charge in [0.25, 0.3) is 5.91 Å². The van der Waals surface area contributed by atoms with Gasteiger partial charge in [-0.15, -0.1) is 0 Å². The van der Waals surface area contributed by atoms with Gasteiger partial charge >= 0.3 is 0 Å². The Morgan fingerprint density at radius 2 is 2.11 bits per heavy atom. The van der Waals surface area contributed by atoms with Gasteiger partial charge in [-0.2, -0.15) is 0 Å². The van der Waals surface area contributed by atoms with Crippen LogP contribution in [0.4, 0.5) is 0 Å². The molecule has 2 heterocycles. The van der Waals surface area contributed by atoms with E-state index in [0.29, 0.717) is 30.7 Å². The average Bonchev–Trinajstić information content (AvgIpc) is 3.22. The molecule has 0 radical (unpaired) electrons. The number of hydrogen-bond acceptors (Lipinski definition) is 4. The maximum atomic E-state index is 12.8. The Bertz CT molecular complexity index is 894. The Morgan fingerprint density at radius 1 is 1.21 bits per heavy atom. The van der Waals surface area contributed by atoms with Crippen molar-refractivity contribution in [1.82, 2.24) is 10.6 Å². The normalized spacial score (nSPS) is 30.4. The lowest BCUT2D eigenvalue weighted by molar-refractivity contribution is -0.146. The molecule has 1 aliphatic heterocycles. The lowest BCUT2D eigenvalue weighted by atomic mass is 9.60. The predicted octanol–water partition coefficient (Wildman–Crippen LogP) is 2.89. The summed E-state index contributed by atoms with van der Waals surface area (Å²) >= 11 is 0. The van der Waals surface area contributed by atoms with Crippen molar-refractivity contribution in [1.29, 1.82) is 0 Å². The highest BCUT2D eigenvalue weighted by atomic mass is 16.5. The van der Waals surface area contributed by atoms with E-state index in [2.05, 4.69) is 10.6 Å². The molecule has 4 aliphatic rings. The van der Waals surface area contributed by atoms with Crippen LogP contribution >= 0.6 is 0 Å². The smallest absolute Gasteiger partial charge is 0.258 e. The summed E-state index contributed by atoms with van der Waals surface area (Å²) in [6.45, 7) is 0.575. The van der Waals surface area contributed by atoms with Crippen LogP contribution in [0.25, 0.3) is 0 Å². The van der Waals surface area contributed by atoms with Crippen LogP contribution in [0, 0.1) is 17.8 Å². The first-order chi connectivity index (χ1) is 13.6. The van der Waals surface area contributed by atoms with Gasteiger partial charge in [0, 0.05) is 31.2 Å². The number of hydrogen-bond donors (Lipinski definition) is 2. The molecule has 146 valence electrons. The van der Waals surface area contributed by atoms with Crippen LogP contribution in [0.1, 0.15) is 41.8 Å². The molecular weight excluding hydrogens is 356 g/mol. The van der Waals surface area contributed by atoms with E-state index >= 15 is 0 Å². The molecule has 0 unspecified atom stereocenters. The highest BCUT2D eigenvalue weighted by Gasteiger charge is 2.57. The minimum Gasteiger partial charge on any atom is -0.469 e. The van der Waals surface area contributed by atoms with Crippen molar-refractivity contribution in [3.63, 3.8) is 0 Å². The lowest BCUT2D eigenvalue weighted by Crippen LogP contribution is -2.66. The standard InChI is InChI=1S/C22H24N2O4/c25-20(23-10-9-16-4-3-11-27-16)18-12-15-8-7-14(18)13-22(15)24-21(26)17-5-1-2-6-19(17)28-22/h1-6,11,14-15,18H,7-10,12-13H2,(H,23,25)(H,24,26)/t14-,15+,18-,22+/m0/s1. The maximum Gasteiger partial charge on any atom is 0.258 e.